The standard InChI is InChI=1S/C24H23Cl2N3O3/c1-15-20(22(28-32-15)21-17(25)10-8-11-18(21)26)23(30)27-19-12-5-4-9-16(19)24(31)29-13-6-2-3-7-14-29/h4-5,8-12H,2-3,6-7,13-14H2,1H3,(H,27,30). The second-order valence-corrected chi connectivity index (χ2v) is 8.58. The molecule has 1 aliphatic heterocycles. The van der Waals surface area contributed by atoms with Gasteiger partial charge in [-0.3, -0.25) is 9.59 Å². The zero-order valence-corrected chi connectivity index (χ0v) is 19.2. The number of nitrogens with one attached hydrogen (secondary N) is 1. The van der Waals surface area contributed by atoms with Crippen molar-refractivity contribution in [2.24, 2.45) is 0 Å². The highest BCUT2D eigenvalue weighted by atomic mass is 35.5. The number of likely N-dealkylation sites (tertiary alicyclic amines) is 1. The maximum absolute atomic E-state index is 13.3. The number of amides is 2. The fourth-order valence-corrected chi connectivity index (χ4v) is 4.52. The number of carbonyl (C=O) groups excluding carboxylic acids is 2. The first-order chi connectivity index (χ1) is 15.5. The van der Waals surface area contributed by atoms with Crippen LogP contribution in [0, 0.1) is 6.92 Å². The lowest BCUT2D eigenvalue weighted by atomic mass is 10.0. The SMILES string of the molecule is Cc1onc(-c2c(Cl)cccc2Cl)c1C(=O)Nc1ccccc1C(=O)N1CCCCCC1. The summed E-state index contributed by atoms with van der Waals surface area (Å²) in [5, 5.41) is 7.61. The minimum absolute atomic E-state index is 0.0841. The van der Waals surface area contributed by atoms with E-state index in [9.17, 15) is 9.59 Å². The van der Waals surface area contributed by atoms with Crippen LogP contribution in [0.5, 0.6) is 0 Å². The minimum atomic E-state index is -0.453. The van der Waals surface area contributed by atoms with Crippen LogP contribution >= 0.6 is 23.2 Å². The lowest BCUT2D eigenvalue weighted by Gasteiger charge is -2.22. The smallest absolute Gasteiger partial charge is 0.261 e. The molecule has 2 heterocycles. The van der Waals surface area contributed by atoms with Crippen molar-refractivity contribution in [2.45, 2.75) is 32.6 Å². The Morgan fingerprint density at radius 1 is 0.969 bits per heavy atom. The Morgan fingerprint density at radius 2 is 1.62 bits per heavy atom. The summed E-state index contributed by atoms with van der Waals surface area (Å²) in [5.41, 5.74) is 1.79. The molecule has 2 aromatic carbocycles. The van der Waals surface area contributed by atoms with E-state index < -0.39 is 5.91 Å². The molecule has 6 nitrogen and oxygen atoms in total. The quantitative estimate of drug-likeness (QED) is 0.489. The van der Waals surface area contributed by atoms with Crippen LogP contribution in [0.1, 0.15) is 52.2 Å². The van der Waals surface area contributed by atoms with Gasteiger partial charge in [0.1, 0.15) is 17.0 Å². The van der Waals surface area contributed by atoms with Gasteiger partial charge >= 0.3 is 0 Å². The van der Waals surface area contributed by atoms with Crippen molar-refractivity contribution in [3.63, 3.8) is 0 Å². The van der Waals surface area contributed by atoms with E-state index in [1.54, 1.807) is 49.4 Å². The highest BCUT2D eigenvalue weighted by molar-refractivity contribution is 6.39. The lowest BCUT2D eigenvalue weighted by molar-refractivity contribution is 0.0762. The zero-order chi connectivity index (χ0) is 22.7. The van der Waals surface area contributed by atoms with E-state index in [0.717, 1.165) is 38.8 Å². The van der Waals surface area contributed by atoms with Crippen LogP contribution in [0.3, 0.4) is 0 Å². The summed E-state index contributed by atoms with van der Waals surface area (Å²) in [6, 6.07) is 12.1. The average molecular weight is 472 g/mol. The number of benzene rings is 2. The molecule has 0 saturated carbocycles. The summed E-state index contributed by atoms with van der Waals surface area (Å²) in [7, 11) is 0. The Morgan fingerprint density at radius 3 is 2.31 bits per heavy atom. The highest BCUT2D eigenvalue weighted by Crippen LogP contribution is 2.37. The highest BCUT2D eigenvalue weighted by Gasteiger charge is 2.26. The first-order valence-electron chi connectivity index (χ1n) is 10.6. The monoisotopic (exact) mass is 471 g/mol. The summed E-state index contributed by atoms with van der Waals surface area (Å²) < 4.78 is 5.30. The summed E-state index contributed by atoms with van der Waals surface area (Å²) in [6.45, 7) is 3.09. The largest absolute Gasteiger partial charge is 0.360 e. The van der Waals surface area contributed by atoms with Gasteiger partial charge in [0, 0.05) is 18.7 Å². The van der Waals surface area contributed by atoms with E-state index in [1.807, 2.05) is 4.90 Å². The molecule has 2 amide bonds. The normalized spacial score (nSPS) is 14.2. The molecule has 0 aliphatic carbocycles. The van der Waals surface area contributed by atoms with Crippen molar-refractivity contribution >= 4 is 40.7 Å². The van der Waals surface area contributed by atoms with Gasteiger partial charge in [0.05, 0.1) is 21.3 Å². The van der Waals surface area contributed by atoms with E-state index in [-0.39, 0.29) is 17.2 Å². The number of aryl methyl sites for hydroxylation is 1. The molecule has 1 aliphatic rings. The van der Waals surface area contributed by atoms with Crippen LogP contribution < -0.4 is 5.32 Å². The van der Waals surface area contributed by atoms with Gasteiger partial charge in [0.25, 0.3) is 11.8 Å². The molecule has 166 valence electrons. The average Bonchev–Trinajstić information content (AvgIpc) is 2.97. The number of nitrogens with zero attached hydrogens (tertiary/aromatic N) is 2. The van der Waals surface area contributed by atoms with Gasteiger partial charge in [-0.2, -0.15) is 0 Å². The Balaban J connectivity index is 1.65. The number of hydrogen-bond acceptors (Lipinski definition) is 4. The van der Waals surface area contributed by atoms with Crippen molar-refractivity contribution < 1.29 is 14.1 Å². The van der Waals surface area contributed by atoms with Crippen LogP contribution in [0.2, 0.25) is 10.0 Å². The molecular formula is C24H23Cl2N3O3. The number of para-hydroxylation sites is 1. The zero-order valence-electron chi connectivity index (χ0n) is 17.7. The number of rotatable bonds is 4. The van der Waals surface area contributed by atoms with Crippen LogP contribution in [0.15, 0.2) is 47.0 Å². The molecule has 0 atom stereocenters. The van der Waals surface area contributed by atoms with E-state index in [1.165, 1.54) is 0 Å². The van der Waals surface area contributed by atoms with Crippen LogP contribution in [0.25, 0.3) is 11.3 Å². The van der Waals surface area contributed by atoms with Gasteiger partial charge in [-0.05, 0) is 44.0 Å². The van der Waals surface area contributed by atoms with Gasteiger partial charge in [-0.25, -0.2) is 0 Å². The third kappa shape index (κ3) is 4.52. The van der Waals surface area contributed by atoms with Crippen molar-refractivity contribution in [3.8, 4) is 11.3 Å². The molecule has 0 bridgehead atoms. The number of carbonyl (C=O) groups is 2. The summed E-state index contributed by atoms with van der Waals surface area (Å²) in [4.78, 5) is 28.4. The Hall–Kier alpha value is -2.83. The molecule has 1 saturated heterocycles. The Labute approximate surface area is 196 Å². The molecule has 32 heavy (non-hydrogen) atoms. The van der Waals surface area contributed by atoms with E-state index >= 15 is 0 Å². The maximum Gasteiger partial charge on any atom is 0.261 e. The Bertz CT molecular complexity index is 1130. The molecule has 1 aromatic heterocycles. The lowest BCUT2D eigenvalue weighted by Crippen LogP contribution is -2.32. The van der Waals surface area contributed by atoms with Crippen molar-refractivity contribution in [2.75, 3.05) is 18.4 Å². The van der Waals surface area contributed by atoms with Crippen LogP contribution in [-0.4, -0.2) is 35.0 Å². The van der Waals surface area contributed by atoms with Crippen molar-refractivity contribution in [1.82, 2.24) is 10.1 Å². The van der Waals surface area contributed by atoms with E-state index in [0.29, 0.717) is 32.6 Å². The fourth-order valence-electron chi connectivity index (χ4n) is 3.94. The van der Waals surface area contributed by atoms with E-state index in [2.05, 4.69) is 10.5 Å². The first kappa shape index (κ1) is 22.4. The minimum Gasteiger partial charge on any atom is -0.360 e. The van der Waals surface area contributed by atoms with Gasteiger partial charge in [-0.15, -0.1) is 0 Å². The van der Waals surface area contributed by atoms with Gasteiger partial charge in [-0.1, -0.05) is 59.4 Å². The predicted molar refractivity (Wildman–Crippen MR) is 125 cm³/mol. The molecular weight excluding hydrogens is 449 g/mol. The van der Waals surface area contributed by atoms with Gasteiger partial charge in [0.2, 0.25) is 0 Å². The molecule has 8 heteroatoms. The third-order valence-corrected chi connectivity index (χ3v) is 6.22. The van der Waals surface area contributed by atoms with Crippen molar-refractivity contribution in [1.29, 1.82) is 0 Å². The second kappa shape index (κ2) is 9.76. The number of anilines is 1. The summed E-state index contributed by atoms with van der Waals surface area (Å²) >= 11 is 12.7. The molecule has 3 aromatic rings. The molecule has 4 rings (SSSR count). The van der Waals surface area contributed by atoms with Crippen molar-refractivity contribution in [3.05, 3.63) is 69.4 Å². The predicted octanol–water partition coefficient (Wildman–Crippen LogP) is 6.23. The van der Waals surface area contributed by atoms with E-state index in [4.69, 9.17) is 27.7 Å². The molecule has 0 unspecified atom stereocenters. The molecule has 0 radical (unpaired) electrons. The first-order valence-corrected chi connectivity index (χ1v) is 11.3. The second-order valence-electron chi connectivity index (χ2n) is 7.77. The fraction of sp³-hybridized carbons (Fsp3) is 0.292. The molecule has 1 fully saturated rings. The topological polar surface area (TPSA) is 75.4 Å². The number of halogens is 2. The number of hydrogen-bond donors (Lipinski definition) is 1. The molecule has 0 spiro atoms. The summed E-state index contributed by atoms with van der Waals surface area (Å²) in [5.74, 6) is -0.213. The summed E-state index contributed by atoms with van der Waals surface area (Å²) in [6.07, 6.45) is 4.23. The van der Waals surface area contributed by atoms with Crippen LogP contribution in [-0.2, 0) is 0 Å². The van der Waals surface area contributed by atoms with Gasteiger partial charge < -0.3 is 14.7 Å². The molecule has 1 N–H and O–H groups in total. The third-order valence-electron chi connectivity index (χ3n) is 5.59. The van der Waals surface area contributed by atoms with Gasteiger partial charge in [0.15, 0.2) is 0 Å². The maximum atomic E-state index is 13.3. The Kier molecular flexibility index (Phi) is 6.82. The van der Waals surface area contributed by atoms with Crippen LogP contribution in [0.4, 0.5) is 5.69 Å². The number of aromatic nitrogens is 1.